The molecule has 0 saturated heterocycles. The molecule has 1 aromatic carbocycles. The number of carbonyl (C=O) groups excluding carboxylic acids is 1. The minimum absolute atomic E-state index is 0.0549. The van der Waals surface area contributed by atoms with Gasteiger partial charge in [0.25, 0.3) is 5.91 Å². The van der Waals surface area contributed by atoms with Gasteiger partial charge in [-0.15, -0.1) is 0 Å². The smallest absolute Gasteiger partial charge is 0.251 e. The average molecular weight is 297 g/mol. The summed E-state index contributed by atoms with van der Waals surface area (Å²) in [6, 6.07) is 11.5. The van der Waals surface area contributed by atoms with E-state index in [1.54, 1.807) is 0 Å². The lowest BCUT2D eigenvalue weighted by Crippen LogP contribution is -2.50. The summed E-state index contributed by atoms with van der Waals surface area (Å²) in [5.41, 5.74) is 3.24. The number of benzene rings is 1. The van der Waals surface area contributed by atoms with Gasteiger partial charge in [-0.05, 0) is 25.5 Å². The Kier molecular flexibility index (Phi) is 3.41. The molecule has 0 bridgehead atoms. The van der Waals surface area contributed by atoms with Crippen LogP contribution >= 0.6 is 0 Å². The second kappa shape index (κ2) is 5.43. The fourth-order valence-corrected chi connectivity index (χ4v) is 4.34. The number of likely N-dealkylation sites (N-methyl/N-ethyl adjacent to an activating group) is 1. The Morgan fingerprint density at radius 1 is 1.14 bits per heavy atom. The van der Waals surface area contributed by atoms with E-state index >= 15 is 0 Å². The van der Waals surface area contributed by atoms with E-state index in [9.17, 15) is 4.79 Å². The number of carbonyl (C=O) groups is 1. The van der Waals surface area contributed by atoms with Crippen molar-refractivity contribution < 1.29 is 4.79 Å². The quantitative estimate of drug-likeness (QED) is 0.833. The summed E-state index contributed by atoms with van der Waals surface area (Å²) in [5, 5.41) is 6.70. The number of hydrogen-bond donors (Lipinski definition) is 2. The first-order valence-electron chi connectivity index (χ1n) is 8.30. The van der Waals surface area contributed by atoms with Gasteiger partial charge in [0.15, 0.2) is 0 Å². The van der Waals surface area contributed by atoms with Crippen LogP contribution in [0.2, 0.25) is 0 Å². The van der Waals surface area contributed by atoms with Crippen LogP contribution in [-0.2, 0) is 4.79 Å². The Labute approximate surface area is 131 Å². The highest BCUT2D eigenvalue weighted by molar-refractivity contribution is 5.98. The van der Waals surface area contributed by atoms with Gasteiger partial charge in [-0.3, -0.25) is 9.69 Å². The van der Waals surface area contributed by atoms with Crippen LogP contribution in [0.25, 0.3) is 0 Å². The molecule has 2 heterocycles. The van der Waals surface area contributed by atoms with Gasteiger partial charge < -0.3 is 10.6 Å². The van der Waals surface area contributed by atoms with Gasteiger partial charge in [0.2, 0.25) is 0 Å². The molecule has 1 aromatic rings. The van der Waals surface area contributed by atoms with Crippen LogP contribution in [-0.4, -0.2) is 36.5 Å². The number of fused-ring (bicyclic) bond motifs is 1. The van der Waals surface area contributed by atoms with Crippen LogP contribution in [0.15, 0.2) is 41.6 Å². The maximum Gasteiger partial charge on any atom is 0.251 e. The van der Waals surface area contributed by atoms with Gasteiger partial charge >= 0.3 is 0 Å². The zero-order valence-corrected chi connectivity index (χ0v) is 13.0. The van der Waals surface area contributed by atoms with Crippen LogP contribution < -0.4 is 10.6 Å². The zero-order chi connectivity index (χ0) is 15.1. The summed E-state index contributed by atoms with van der Waals surface area (Å²) >= 11 is 0. The SMILES string of the molecule is CN1C(c2ccccc2)C2=C(CNC2=O)NC2CCCCC21. The van der Waals surface area contributed by atoms with E-state index in [0.717, 1.165) is 11.3 Å². The lowest BCUT2D eigenvalue weighted by Gasteiger charge is -2.40. The Hall–Kier alpha value is -1.81. The van der Waals surface area contributed by atoms with Crippen molar-refractivity contribution in [1.29, 1.82) is 0 Å². The minimum atomic E-state index is 0.0549. The Balaban J connectivity index is 1.81. The van der Waals surface area contributed by atoms with Crippen LogP contribution in [0.3, 0.4) is 0 Å². The molecule has 116 valence electrons. The van der Waals surface area contributed by atoms with E-state index in [1.807, 2.05) is 6.07 Å². The molecule has 22 heavy (non-hydrogen) atoms. The van der Waals surface area contributed by atoms with Gasteiger partial charge in [0.1, 0.15) is 0 Å². The topological polar surface area (TPSA) is 44.4 Å². The second-order valence-electron chi connectivity index (χ2n) is 6.66. The van der Waals surface area contributed by atoms with E-state index < -0.39 is 0 Å². The molecule has 3 aliphatic rings. The summed E-state index contributed by atoms with van der Waals surface area (Å²) in [6.45, 7) is 0.647. The standard InChI is InChI=1S/C18H23N3O/c1-21-15-10-6-5-9-13(15)20-14-11-19-18(22)16(14)17(21)12-7-3-2-4-8-12/h2-4,7-8,13,15,17,20H,5-6,9-11H2,1H3,(H,19,22). The van der Waals surface area contributed by atoms with Crippen LogP contribution in [0, 0.1) is 0 Å². The third-order valence-corrected chi connectivity index (χ3v) is 5.40. The maximum absolute atomic E-state index is 12.5. The van der Waals surface area contributed by atoms with Crippen LogP contribution in [0.5, 0.6) is 0 Å². The van der Waals surface area contributed by atoms with Gasteiger partial charge in [-0.1, -0.05) is 43.2 Å². The van der Waals surface area contributed by atoms with Gasteiger partial charge in [0, 0.05) is 17.8 Å². The molecular formula is C18H23N3O. The number of nitrogens with one attached hydrogen (secondary N) is 2. The highest BCUT2D eigenvalue weighted by Crippen LogP contribution is 2.38. The Morgan fingerprint density at radius 2 is 1.91 bits per heavy atom. The van der Waals surface area contributed by atoms with Crippen molar-refractivity contribution >= 4 is 5.91 Å². The van der Waals surface area contributed by atoms with Crippen molar-refractivity contribution in [3.8, 4) is 0 Å². The van der Waals surface area contributed by atoms with Crippen LogP contribution in [0.1, 0.15) is 37.3 Å². The third-order valence-electron chi connectivity index (χ3n) is 5.40. The predicted octanol–water partition coefficient (Wildman–Crippen LogP) is 1.96. The van der Waals surface area contributed by atoms with Crippen molar-refractivity contribution in [3.63, 3.8) is 0 Å². The zero-order valence-electron chi connectivity index (χ0n) is 13.0. The van der Waals surface area contributed by atoms with Crippen molar-refractivity contribution in [1.82, 2.24) is 15.5 Å². The molecule has 0 aromatic heterocycles. The number of rotatable bonds is 1. The summed E-state index contributed by atoms with van der Waals surface area (Å²) < 4.78 is 0. The number of hydrogen-bond acceptors (Lipinski definition) is 3. The number of nitrogens with zero attached hydrogens (tertiary/aromatic N) is 1. The van der Waals surface area contributed by atoms with Gasteiger partial charge in [0.05, 0.1) is 18.2 Å². The monoisotopic (exact) mass is 297 g/mol. The molecule has 2 N–H and O–H groups in total. The molecule has 1 aliphatic carbocycles. The lowest BCUT2D eigenvalue weighted by molar-refractivity contribution is -0.117. The average Bonchev–Trinajstić information content (AvgIpc) is 2.84. The normalized spacial score (nSPS) is 31.9. The van der Waals surface area contributed by atoms with E-state index in [1.165, 1.54) is 31.2 Å². The lowest BCUT2D eigenvalue weighted by atomic mass is 9.88. The molecule has 4 heteroatoms. The number of amides is 1. The summed E-state index contributed by atoms with van der Waals surface area (Å²) in [6.07, 6.45) is 4.97. The van der Waals surface area contributed by atoms with E-state index in [-0.39, 0.29) is 11.9 Å². The van der Waals surface area contributed by atoms with Gasteiger partial charge in [-0.2, -0.15) is 0 Å². The van der Waals surface area contributed by atoms with Crippen molar-refractivity contribution in [2.24, 2.45) is 0 Å². The molecule has 1 amide bonds. The first-order valence-corrected chi connectivity index (χ1v) is 8.30. The van der Waals surface area contributed by atoms with E-state index in [2.05, 4.69) is 46.8 Å². The summed E-state index contributed by atoms with van der Waals surface area (Å²) in [5.74, 6) is 0.0850. The third kappa shape index (κ3) is 2.13. The largest absolute Gasteiger partial charge is 0.382 e. The highest BCUT2D eigenvalue weighted by atomic mass is 16.2. The van der Waals surface area contributed by atoms with E-state index in [0.29, 0.717) is 18.6 Å². The van der Waals surface area contributed by atoms with E-state index in [4.69, 9.17) is 0 Å². The van der Waals surface area contributed by atoms with Crippen LogP contribution in [0.4, 0.5) is 0 Å². The minimum Gasteiger partial charge on any atom is -0.382 e. The van der Waals surface area contributed by atoms with Crippen molar-refractivity contribution in [3.05, 3.63) is 47.2 Å². The summed E-state index contributed by atoms with van der Waals surface area (Å²) in [7, 11) is 2.18. The van der Waals surface area contributed by atoms with Crippen molar-refractivity contribution in [2.75, 3.05) is 13.6 Å². The molecule has 1 saturated carbocycles. The van der Waals surface area contributed by atoms with Gasteiger partial charge in [-0.25, -0.2) is 0 Å². The Bertz CT molecular complexity index is 610. The molecule has 4 nitrogen and oxygen atoms in total. The molecular weight excluding hydrogens is 274 g/mol. The Morgan fingerprint density at radius 3 is 2.73 bits per heavy atom. The molecule has 4 rings (SSSR count). The first-order chi connectivity index (χ1) is 10.8. The first kappa shape index (κ1) is 13.8. The predicted molar refractivity (Wildman–Crippen MR) is 86.2 cm³/mol. The fourth-order valence-electron chi connectivity index (χ4n) is 4.34. The second-order valence-corrected chi connectivity index (χ2v) is 6.66. The summed E-state index contributed by atoms with van der Waals surface area (Å²) in [4.78, 5) is 14.9. The highest BCUT2D eigenvalue weighted by Gasteiger charge is 2.42. The molecule has 0 spiro atoms. The molecule has 0 radical (unpaired) electrons. The molecule has 2 aliphatic heterocycles. The molecule has 3 atom stereocenters. The fraction of sp³-hybridized carbons (Fsp3) is 0.500. The molecule has 1 fully saturated rings. The maximum atomic E-state index is 12.5. The molecule has 3 unspecified atom stereocenters. The van der Waals surface area contributed by atoms with Crippen molar-refractivity contribution in [2.45, 2.75) is 43.8 Å².